The van der Waals surface area contributed by atoms with Gasteiger partial charge in [-0.3, -0.25) is 0 Å². The van der Waals surface area contributed by atoms with Gasteiger partial charge in [-0.15, -0.1) is 0 Å². The van der Waals surface area contributed by atoms with Crippen LogP contribution >= 0.6 is 0 Å². The third kappa shape index (κ3) is 2.29. The van der Waals surface area contributed by atoms with E-state index in [1.165, 1.54) is 24.5 Å². The molecule has 1 aromatic heterocycles. The first-order valence-electron chi connectivity index (χ1n) is 5.35. The summed E-state index contributed by atoms with van der Waals surface area (Å²) in [6.07, 6.45) is 2.90. The summed E-state index contributed by atoms with van der Waals surface area (Å²) in [5.74, 6) is 0.937. The van der Waals surface area contributed by atoms with Gasteiger partial charge in [0.05, 0.1) is 4.90 Å². The topological polar surface area (TPSA) is 90.4 Å². The smallest absolute Gasteiger partial charge is 0.264 e. The second-order valence-electron chi connectivity index (χ2n) is 3.69. The van der Waals surface area contributed by atoms with E-state index in [1.54, 1.807) is 12.1 Å². The third-order valence-electron chi connectivity index (χ3n) is 2.45. The number of ether oxygens (including phenoxy) is 2. The Morgan fingerprint density at radius 1 is 1.11 bits per heavy atom. The van der Waals surface area contributed by atoms with E-state index < -0.39 is 10.0 Å². The highest BCUT2D eigenvalue weighted by Gasteiger charge is 2.20. The second-order valence-corrected chi connectivity index (χ2v) is 5.38. The third-order valence-corrected chi connectivity index (χ3v) is 3.77. The van der Waals surface area contributed by atoms with Crippen LogP contribution in [0.4, 0.5) is 5.95 Å². The fourth-order valence-electron chi connectivity index (χ4n) is 1.57. The van der Waals surface area contributed by atoms with Gasteiger partial charge in [-0.1, -0.05) is 0 Å². The fourth-order valence-corrected chi connectivity index (χ4v) is 2.55. The maximum Gasteiger partial charge on any atom is 0.264 e. The Bertz CT molecular complexity index is 703. The van der Waals surface area contributed by atoms with Gasteiger partial charge in [0.25, 0.3) is 10.0 Å². The lowest BCUT2D eigenvalue weighted by Gasteiger charge is -2.06. The highest BCUT2D eigenvalue weighted by Crippen LogP contribution is 2.34. The minimum atomic E-state index is -3.75. The minimum absolute atomic E-state index is 0.0140. The van der Waals surface area contributed by atoms with E-state index in [-0.39, 0.29) is 17.6 Å². The molecule has 1 aliphatic rings. The van der Waals surface area contributed by atoms with Gasteiger partial charge in [-0.25, -0.2) is 23.1 Å². The molecule has 3 rings (SSSR count). The Hall–Kier alpha value is -2.35. The highest BCUT2D eigenvalue weighted by atomic mass is 32.2. The quantitative estimate of drug-likeness (QED) is 0.901. The van der Waals surface area contributed by atoms with E-state index >= 15 is 0 Å². The monoisotopic (exact) mass is 279 g/mol. The first kappa shape index (κ1) is 11.7. The Balaban J connectivity index is 1.92. The summed E-state index contributed by atoms with van der Waals surface area (Å²) in [6, 6.07) is 5.97. The molecule has 2 aromatic rings. The van der Waals surface area contributed by atoms with Crippen molar-refractivity contribution in [2.45, 2.75) is 4.90 Å². The summed E-state index contributed by atoms with van der Waals surface area (Å²) in [5.41, 5.74) is 0. The molecule has 0 aliphatic carbocycles. The molecule has 2 heterocycles. The van der Waals surface area contributed by atoms with Crippen molar-refractivity contribution in [3.63, 3.8) is 0 Å². The molecule has 98 valence electrons. The predicted molar refractivity (Wildman–Crippen MR) is 65.4 cm³/mol. The molecular weight excluding hydrogens is 270 g/mol. The van der Waals surface area contributed by atoms with Gasteiger partial charge in [-0.05, 0) is 18.2 Å². The Morgan fingerprint density at radius 3 is 2.63 bits per heavy atom. The summed E-state index contributed by atoms with van der Waals surface area (Å²) in [6.45, 7) is 0.0913. The number of sulfonamides is 1. The molecule has 1 aromatic carbocycles. The average Bonchev–Trinajstić information content (AvgIpc) is 2.86. The van der Waals surface area contributed by atoms with E-state index in [0.717, 1.165) is 0 Å². The molecule has 0 atom stereocenters. The van der Waals surface area contributed by atoms with Crippen LogP contribution in [-0.4, -0.2) is 25.2 Å². The van der Waals surface area contributed by atoms with E-state index in [4.69, 9.17) is 9.47 Å². The number of hydrogen-bond donors (Lipinski definition) is 1. The predicted octanol–water partition coefficient (Wildman–Crippen LogP) is 1.01. The molecule has 0 radical (unpaired) electrons. The van der Waals surface area contributed by atoms with E-state index in [1.807, 2.05) is 0 Å². The maximum absolute atomic E-state index is 12.1. The molecule has 19 heavy (non-hydrogen) atoms. The van der Waals surface area contributed by atoms with Crippen LogP contribution in [0.15, 0.2) is 41.6 Å². The molecule has 8 heteroatoms. The number of nitrogens with zero attached hydrogens (tertiary/aromatic N) is 2. The summed E-state index contributed by atoms with van der Waals surface area (Å²) in [4.78, 5) is 7.67. The van der Waals surface area contributed by atoms with Gasteiger partial charge < -0.3 is 9.47 Å². The molecular formula is C11H9N3O4S. The lowest BCUT2D eigenvalue weighted by molar-refractivity contribution is 0.174. The van der Waals surface area contributed by atoms with Crippen LogP contribution in [0.1, 0.15) is 0 Å². The highest BCUT2D eigenvalue weighted by molar-refractivity contribution is 7.92. The number of rotatable bonds is 3. The largest absolute Gasteiger partial charge is 0.454 e. The lowest BCUT2D eigenvalue weighted by atomic mass is 10.3. The minimum Gasteiger partial charge on any atom is -0.454 e. The van der Waals surface area contributed by atoms with Crippen molar-refractivity contribution in [2.75, 3.05) is 11.5 Å². The van der Waals surface area contributed by atoms with Crippen molar-refractivity contribution in [1.82, 2.24) is 9.97 Å². The fraction of sp³-hybridized carbons (Fsp3) is 0.0909. The summed E-state index contributed by atoms with van der Waals surface area (Å²) >= 11 is 0. The van der Waals surface area contributed by atoms with Crippen LogP contribution < -0.4 is 14.2 Å². The summed E-state index contributed by atoms with van der Waals surface area (Å²) in [7, 11) is -3.75. The zero-order chi connectivity index (χ0) is 13.3. The number of fused-ring (bicyclic) bond motifs is 1. The van der Waals surface area contributed by atoms with E-state index in [9.17, 15) is 8.42 Å². The molecule has 0 spiro atoms. The van der Waals surface area contributed by atoms with Crippen LogP contribution in [0.2, 0.25) is 0 Å². The molecule has 1 N–H and O–H groups in total. The Morgan fingerprint density at radius 2 is 1.84 bits per heavy atom. The number of benzene rings is 1. The maximum atomic E-state index is 12.1. The van der Waals surface area contributed by atoms with Gasteiger partial charge in [0, 0.05) is 18.5 Å². The van der Waals surface area contributed by atoms with Crippen molar-refractivity contribution in [3.05, 3.63) is 36.7 Å². The first-order valence-corrected chi connectivity index (χ1v) is 6.83. The van der Waals surface area contributed by atoms with Crippen molar-refractivity contribution in [1.29, 1.82) is 0 Å². The molecule has 0 saturated carbocycles. The van der Waals surface area contributed by atoms with Crippen molar-refractivity contribution >= 4 is 16.0 Å². The normalized spacial score (nSPS) is 13.3. The zero-order valence-corrected chi connectivity index (χ0v) is 10.4. The molecule has 0 bridgehead atoms. The Kier molecular flexibility index (Phi) is 2.71. The van der Waals surface area contributed by atoms with Gasteiger partial charge in [0.2, 0.25) is 12.7 Å². The summed E-state index contributed by atoms with van der Waals surface area (Å²) < 4.78 is 36.8. The Labute approximate surface area is 109 Å². The van der Waals surface area contributed by atoms with Crippen molar-refractivity contribution < 1.29 is 17.9 Å². The SMILES string of the molecule is O=S(=O)(Nc1ncccn1)c1ccc2c(c1)OCO2. The van der Waals surface area contributed by atoms with E-state index in [2.05, 4.69) is 14.7 Å². The van der Waals surface area contributed by atoms with Crippen LogP contribution in [0, 0.1) is 0 Å². The number of aromatic nitrogens is 2. The van der Waals surface area contributed by atoms with Crippen LogP contribution in [0.5, 0.6) is 11.5 Å². The van der Waals surface area contributed by atoms with E-state index in [0.29, 0.717) is 11.5 Å². The number of hydrogen-bond acceptors (Lipinski definition) is 6. The molecule has 0 amide bonds. The molecule has 1 aliphatic heterocycles. The molecule has 0 saturated heterocycles. The summed E-state index contributed by atoms with van der Waals surface area (Å²) in [5, 5.41) is 0. The van der Waals surface area contributed by atoms with Gasteiger partial charge in [-0.2, -0.15) is 0 Å². The van der Waals surface area contributed by atoms with Gasteiger partial charge in [0.15, 0.2) is 11.5 Å². The number of anilines is 1. The molecule has 0 unspecified atom stereocenters. The number of nitrogens with one attached hydrogen (secondary N) is 1. The van der Waals surface area contributed by atoms with Crippen molar-refractivity contribution in [3.8, 4) is 11.5 Å². The van der Waals surface area contributed by atoms with Crippen LogP contribution in [-0.2, 0) is 10.0 Å². The lowest BCUT2D eigenvalue weighted by Crippen LogP contribution is -2.14. The van der Waals surface area contributed by atoms with Crippen LogP contribution in [0.25, 0.3) is 0 Å². The van der Waals surface area contributed by atoms with Gasteiger partial charge >= 0.3 is 0 Å². The first-order chi connectivity index (χ1) is 9.15. The average molecular weight is 279 g/mol. The van der Waals surface area contributed by atoms with Crippen LogP contribution in [0.3, 0.4) is 0 Å². The zero-order valence-electron chi connectivity index (χ0n) is 9.61. The van der Waals surface area contributed by atoms with Gasteiger partial charge in [0.1, 0.15) is 0 Å². The second kappa shape index (κ2) is 4.39. The molecule has 7 nitrogen and oxygen atoms in total. The van der Waals surface area contributed by atoms with Crippen molar-refractivity contribution in [2.24, 2.45) is 0 Å². The standard InChI is InChI=1S/C11H9N3O4S/c15-19(16,14-11-12-4-1-5-13-11)8-2-3-9-10(6-8)18-7-17-9/h1-6H,7H2,(H,12,13,14). The molecule has 0 fully saturated rings.